The van der Waals surface area contributed by atoms with Crippen LogP contribution >= 0.6 is 0 Å². The highest BCUT2D eigenvalue weighted by molar-refractivity contribution is 6.00. The van der Waals surface area contributed by atoms with E-state index < -0.39 is 36.7 Å². The first-order chi connectivity index (χ1) is 15.5. The smallest absolute Gasteiger partial charge is 0.416 e. The van der Waals surface area contributed by atoms with Gasteiger partial charge in [-0.3, -0.25) is 0 Å². The number of carboxylic acid groups (broad SMARTS) is 2. The molecular formula is C19H25F3N2O6. The molecule has 0 spiro atoms. The van der Waals surface area contributed by atoms with Gasteiger partial charge in [0.15, 0.2) is 0 Å². The quantitative estimate of drug-likeness (QED) is 0.209. The van der Waals surface area contributed by atoms with Crippen LogP contribution < -0.4 is 5.73 Å². The molecule has 11 heteroatoms. The molecule has 4 N–H and O–H groups in total. The lowest BCUT2D eigenvalue weighted by molar-refractivity contribution is -0.137. The molecule has 0 bridgehead atoms. The van der Waals surface area contributed by atoms with Crippen molar-refractivity contribution in [3.63, 3.8) is 0 Å². The number of unbranched alkanes of at least 4 members (excludes halogenated alkanes) is 1. The van der Waals surface area contributed by atoms with Gasteiger partial charge >= 0.3 is 18.1 Å². The van der Waals surface area contributed by atoms with E-state index in [4.69, 9.17) is 26.2 Å². The lowest BCUT2D eigenvalue weighted by Gasteiger charge is -2.10. The van der Waals surface area contributed by atoms with Crippen LogP contribution in [0.25, 0.3) is 0 Å². The Kier molecular flexibility index (Phi) is 10.2. The maximum Gasteiger partial charge on any atom is 0.416 e. The summed E-state index contributed by atoms with van der Waals surface area (Å²) in [5.74, 6) is -2.51. The molecular weight excluding hydrogens is 409 g/mol. The number of rotatable bonds is 11. The number of oxime groups is 1. The molecule has 8 nitrogen and oxygen atoms in total. The van der Waals surface area contributed by atoms with Gasteiger partial charge in [0.1, 0.15) is 6.56 Å². The van der Waals surface area contributed by atoms with Crippen molar-refractivity contribution in [1.29, 1.82) is 0 Å². The minimum Gasteiger partial charge on any atom is -0.478 e. The van der Waals surface area contributed by atoms with Gasteiger partial charge in [0.05, 0.1) is 14.0 Å². The van der Waals surface area contributed by atoms with Crippen LogP contribution in [0.4, 0.5) is 13.2 Å². The molecule has 0 unspecified atom stereocenters. The molecule has 1 rings (SSSR count). The number of nitrogens with zero attached hydrogens (tertiary/aromatic N) is 1. The van der Waals surface area contributed by atoms with E-state index in [0.29, 0.717) is 37.2 Å². The summed E-state index contributed by atoms with van der Waals surface area (Å²) in [5.41, 5.74) is 4.74. The third-order valence-electron chi connectivity index (χ3n) is 3.19. The van der Waals surface area contributed by atoms with E-state index in [9.17, 15) is 22.8 Å². The number of aliphatic carboxylic acids is 2. The van der Waals surface area contributed by atoms with Gasteiger partial charge in [-0.2, -0.15) is 13.2 Å². The Hall–Kier alpha value is -2.92. The van der Waals surface area contributed by atoms with Crippen molar-refractivity contribution < 1.29 is 48.0 Å². The van der Waals surface area contributed by atoms with Crippen molar-refractivity contribution in [2.75, 3.05) is 26.8 Å². The number of nitrogens with two attached hydrogens (primary N) is 1. The predicted octanol–water partition coefficient (Wildman–Crippen LogP) is 2.91. The van der Waals surface area contributed by atoms with Crippen molar-refractivity contribution in [3.05, 3.63) is 47.5 Å². The molecule has 0 aliphatic rings. The van der Waals surface area contributed by atoms with Gasteiger partial charge in [0.2, 0.25) is 0 Å². The normalized spacial score (nSPS) is 14.6. The Morgan fingerprint density at radius 1 is 1.17 bits per heavy atom. The molecule has 1 aromatic rings. The van der Waals surface area contributed by atoms with Crippen LogP contribution in [-0.4, -0.2) is 54.6 Å². The first-order valence-corrected chi connectivity index (χ1v) is 8.35. The number of hydrogen-bond acceptors (Lipinski definition) is 6. The van der Waals surface area contributed by atoms with Crippen LogP contribution in [0.5, 0.6) is 0 Å². The summed E-state index contributed by atoms with van der Waals surface area (Å²) in [4.78, 5) is 23.7. The van der Waals surface area contributed by atoms with Gasteiger partial charge in [-0.15, -0.1) is 0 Å². The lowest BCUT2D eigenvalue weighted by atomic mass is 10.0. The van der Waals surface area contributed by atoms with E-state index in [1.54, 1.807) is 0 Å². The fraction of sp³-hybridized carbons (Fsp3) is 0.421. The van der Waals surface area contributed by atoms with Crippen LogP contribution in [0, 0.1) is 0 Å². The van der Waals surface area contributed by atoms with Crippen LogP contribution in [0.2, 0.25) is 0 Å². The van der Waals surface area contributed by atoms with E-state index >= 15 is 0 Å². The first kappa shape index (κ1) is 20.4. The molecule has 0 radical (unpaired) electrons. The monoisotopic (exact) mass is 438 g/mol. The Morgan fingerprint density at radius 3 is 2.17 bits per heavy atom. The Morgan fingerprint density at radius 2 is 1.73 bits per heavy atom. The Bertz CT molecular complexity index is 841. The molecule has 0 aromatic heterocycles. The number of alkyl halides is 3. The van der Waals surface area contributed by atoms with Crippen molar-refractivity contribution >= 4 is 17.7 Å². The molecule has 0 aliphatic heterocycles. The highest BCUT2D eigenvalue weighted by atomic mass is 19.4. The molecule has 0 fully saturated rings. The summed E-state index contributed by atoms with van der Waals surface area (Å²) >= 11 is 0. The van der Waals surface area contributed by atoms with Gasteiger partial charge in [0, 0.05) is 35.1 Å². The van der Waals surface area contributed by atoms with Gasteiger partial charge < -0.3 is 25.5 Å². The molecule has 30 heavy (non-hydrogen) atoms. The highest BCUT2D eigenvalue weighted by Crippen LogP contribution is 2.29. The zero-order chi connectivity index (χ0) is 26.6. The summed E-state index contributed by atoms with van der Waals surface area (Å²) in [7, 11) is 1.53. The number of halogens is 3. The van der Waals surface area contributed by atoms with E-state index in [1.807, 2.05) is 0 Å². The topological polar surface area (TPSA) is 131 Å². The standard InChI is InChI=1S/C15H21F3N2O2.C4H4O4/c1-21-10-3-2-4-14(20-22-11-9-19)12-5-7-13(8-6-12)15(16,17)18;5-3(6)1-2-4(7)8/h5-8H,2-4,9-11,19H2,1H3;1-2H,(H,5,6)(H,7,8)/b20-14-;2-1-/i9D2,11D2;. The second-order valence-corrected chi connectivity index (χ2v) is 5.41. The van der Waals surface area contributed by atoms with Crippen LogP contribution in [-0.2, 0) is 25.3 Å². The summed E-state index contributed by atoms with van der Waals surface area (Å²) in [5, 5.41) is 19.2. The average Bonchev–Trinajstić information content (AvgIpc) is 2.71. The zero-order valence-electron chi connectivity index (χ0n) is 20.0. The van der Waals surface area contributed by atoms with Crippen LogP contribution in [0.1, 0.15) is 35.9 Å². The molecule has 0 saturated heterocycles. The third kappa shape index (κ3) is 13.3. The molecule has 0 atom stereocenters. The van der Waals surface area contributed by atoms with Gasteiger partial charge in [-0.05, 0) is 37.0 Å². The SMILES string of the molecule is O=C(O)/C=C\C(=O)O.[2H]C([2H])(N)C([2H])([2H])O/N=C(/CCCCOC)c1ccc(C(F)(F)F)cc1. The molecule has 1 aromatic carbocycles. The average molecular weight is 438 g/mol. The third-order valence-corrected chi connectivity index (χ3v) is 3.19. The number of methoxy groups -OCH3 is 1. The summed E-state index contributed by atoms with van der Waals surface area (Å²) in [6.07, 6.45) is -1.86. The van der Waals surface area contributed by atoms with Crippen molar-refractivity contribution in [2.45, 2.75) is 25.4 Å². The largest absolute Gasteiger partial charge is 0.478 e. The maximum absolute atomic E-state index is 12.7. The van der Waals surface area contributed by atoms with Crippen LogP contribution in [0.3, 0.4) is 0 Å². The zero-order valence-corrected chi connectivity index (χ0v) is 16.0. The number of carboxylic acids is 2. The second-order valence-electron chi connectivity index (χ2n) is 5.41. The number of ether oxygens (including phenoxy) is 1. The van der Waals surface area contributed by atoms with Crippen LogP contribution in [0.15, 0.2) is 41.6 Å². The fourth-order valence-electron chi connectivity index (χ4n) is 1.88. The Labute approximate surface area is 177 Å². The van der Waals surface area contributed by atoms with Gasteiger partial charge in [0.25, 0.3) is 0 Å². The van der Waals surface area contributed by atoms with E-state index in [1.165, 1.54) is 19.2 Å². The van der Waals surface area contributed by atoms with Crippen molar-refractivity contribution in [1.82, 2.24) is 0 Å². The molecule has 168 valence electrons. The maximum atomic E-state index is 12.7. The Balaban J connectivity index is 0.00000116. The van der Waals surface area contributed by atoms with E-state index in [2.05, 4.69) is 9.99 Å². The number of benzene rings is 1. The summed E-state index contributed by atoms with van der Waals surface area (Å²) in [6, 6.07) is 4.18. The van der Waals surface area contributed by atoms with Gasteiger partial charge in [-0.1, -0.05) is 17.3 Å². The molecule has 0 amide bonds. The van der Waals surface area contributed by atoms with Crippen molar-refractivity contribution in [2.24, 2.45) is 10.9 Å². The second kappa shape index (κ2) is 15.0. The summed E-state index contributed by atoms with van der Waals surface area (Å²) in [6.45, 7) is -5.23. The lowest BCUT2D eigenvalue weighted by Crippen LogP contribution is -2.09. The highest BCUT2D eigenvalue weighted by Gasteiger charge is 2.30. The first-order valence-electron chi connectivity index (χ1n) is 10.4. The molecule has 0 heterocycles. The molecule has 0 aliphatic carbocycles. The van der Waals surface area contributed by atoms with Crippen molar-refractivity contribution in [3.8, 4) is 0 Å². The van der Waals surface area contributed by atoms with Gasteiger partial charge in [-0.25, -0.2) is 9.59 Å². The fourth-order valence-corrected chi connectivity index (χ4v) is 1.88. The number of hydrogen-bond donors (Lipinski definition) is 3. The van der Waals surface area contributed by atoms with E-state index in [-0.39, 0.29) is 12.1 Å². The number of carbonyl (C=O) groups is 2. The minimum atomic E-state index is -4.47. The molecule has 0 saturated carbocycles. The summed E-state index contributed by atoms with van der Waals surface area (Å²) < 4.78 is 72.3. The predicted molar refractivity (Wildman–Crippen MR) is 103 cm³/mol. The minimum absolute atomic E-state index is 0.183. The van der Waals surface area contributed by atoms with E-state index in [0.717, 1.165) is 12.1 Å².